The van der Waals surface area contributed by atoms with Crippen molar-refractivity contribution in [1.82, 2.24) is 9.55 Å². The number of aryl methyl sites for hydroxylation is 1. The van der Waals surface area contributed by atoms with E-state index in [1.165, 1.54) is 4.57 Å². The number of amides is 1. The minimum absolute atomic E-state index is 0.103. The van der Waals surface area contributed by atoms with Crippen LogP contribution in [0, 0.1) is 0 Å². The monoisotopic (exact) mass is 339 g/mol. The number of benzene rings is 1. The Morgan fingerprint density at radius 1 is 1.36 bits per heavy atom. The van der Waals surface area contributed by atoms with Gasteiger partial charge in [-0.25, -0.2) is 14.3 Å². The number of fused-ring (bicyclic) bond motifs is 2. The van der Waals surface area contributed by atoms with Crippen molar-refractivity contribution in [2.45, 2.75) is 19.4 Å². The van der Waals surface area contributed by atoms with Crippen LogP contribution in [0.1, 0.15) is 12.0 Å². The first kappa shape index (κ1) is 15.4. The third-order valence-electron chi connectivity index (χ3n) is 4.42. The molecule has 0 atom stereocenters. The van der Waals surface area contributed by atoms with Crippen molar-refractivity contribution in [3.63, 3.8) is 0 Å². The summed E-state index contributed by atoms with van der Waals surface area (Å²) in [6.07, 6.45) is 3.33. The molecule has 0 bridgehead atoms. The molecule has 0 N–H and O–H groups in total. The summed E-state index contributed by atoms with van der Waals surface area (Å²) in [5.74, 6) is 0.0323. The second-order valence-corrected chi connectivity index (χ2v) is 5.92. The summed E-state index contributed by atoms with van der Waals surface area (Å²) in [6, 6.07) is 9.03. The Labute approximate surface area is 143 Å². The maximum atomic E-state index is 12.8. The van der Waals surface area contributed by atoms with E-state index in [2.05, 4.69) is 4.98 Å². The number of anilines is 1. The highest BCUT2D eigenvalue weighted by Crippen LogP contribution is 2.30. The number of aromatic nitrogens is 2. The van der Waals surface area contributed by atoms with Gasteiger partial charge < -0.3 is 14.1 Å². The van der Waals surface area contributed by atoms with E-state index in [4.69, 9.17) is 9.15 Å². The molecule has 3 heterocycles. The fraction of sp³-hybridized carbons (Fsp3) is 0.278. The molecule has 1 amide bonds. The van der Waals surface area contributed by atoms with Crippen LogP contribution in [-0.4, -0.2) is 29.1 Å². The Morgan fingerprint density at radius 3 is 3.08 bits per heavy atom. The lowest BCUT2D eigenvalue weighted by Gasteiger charge is -2.29. The molecule has 0 spiro atoms. The lowest BCUT2D eigenvalue weighted by Crippen LogP contribution is -2.39. The van der Waals surface area contributed by atoms with Crippen LogP contribution in [0.3, 0.4) is 0 Å². The summed E-state index contributed by atoms with van der Waals surface area (Å²) >= 11 is 0. The second-order valence-electron chi connectivity index (χ2n) is 5.92. The van der Waals surface area contributed by atoms with Crippen LogP contribution < -0.4 is 15.4 Å². The molecular formula is C18H17N3O4. The molecule has 1 aliphatic rings. The summed E-state index contributed by atoms with van der Waals surface area (Å²) in [5.41, 5.74) is 2.70. The van der Waals surface area contributed by atoms with Crippen molar-refractivity contribution in [2.75, 3.05) is 18.6 Å². The molecule has 0 saturated heterocycles. The second kappa shape index (κ2) is 6.08. The number of nitrogens with zero attached hydrogens (tertiary/aromatic N) is 3. The predicted octanol–water partition coefficient (Wildman–Crippen LogP) is 1.98. The van der Waals surface area contributed by atoms with Gasteiger partial charge >= 0.3 is 5.76 Å². The van der Waals surface area contributed by atoms with Gasteiger partial charge in [-0.2, -0.15) is 0 Å². The van der Waals surface area contributed by atoms with Gasteiger partial charge in [-0.05, 0) is 48.7 Å². The van der Waals surface area contributed by atoms with Gasteiger partial charge in [0.15, 0.2) is 11.2 Å². The highest BCUT2D eigenvalue weighted by molar-refractivity contribution is 5.95. The van der Waals surface area contributed by atoms with E-state index in [1.54, 1.807) is 30.3 Å². The fourth-order valence-electron chi connectivity index (χ4n) is 3.22. The molecule has 2 aromatic heterocycles. The summed E-state index contributed by atoms with van der Waals surface area (Å²) in [7, 11) is 1.62. The fourth-order valence-corrected chi connectivity index (χ4v) is 3.22. The van der Waals surface area contributed by atoms with E-state index in [9.17, 15) is 9.59 Å². The van der Waals surface area contributed by atoms with E-state index >= 15 is 0 Å². The minimum Gasteiger partial charge on any atom is -0.497 e. The number of rotatable bonds is 3. The van der Waals surface area contributed by atoms with Crippen LogP contribution in [-0.2, 0) is 17.8 Å². The molecule has 0 fully saturated rings. The quantitative estimate of drug-likeness (QED) is 0.729. The molecular weight excluding hydrogens is 322 g/mol. The van der Waals surface area contributed by atoms with Crippen molar-refractivity contribution < 1.29 is 13.9 Å². The molecule has 0 radical (unpaired) electrons. The molecule has 1 aromatic carbocycles. The van der Waals surface area contributed by atoms with Gasteiger partial charge in [0.2, 0.25) is 5.91 Å². The number of methoxy groups -OCH3 is 1. The zero-order chi connectivity index (χ0) is 17.4. The van der Waals surface area contributed by atoms with E-state index in [0.29, 0.717) is 17.8 Å². The number of carbonyl (C=O) groups is 1. The number of hydrogen-bond donors (Lipinski definition) is 0. The average molecular weight is 339 g/mol. The van der Waals surface area contributed by atoms with Crippen molar-refractivity contribution >= 4 is 22.8 Å². The molecule has 7 nitrogen and oxygen atoms in total. The van der Waals surface area contributed by atoms with E-state index in [0.717, 1.165) is 29.8 Å². The van der Waals surface area contributed by atoms with E-state index in [-0.39, 0.29) is 12.5 Å². The van der Waals surface area contributed by atoms with Gasteiger partial charge in [0.1, 0.15) is 12.3 Å². The van der Waals surface area contributed by atoms with Crippen molar-refractivity contribution in [2.24, 2.45) is 0 Å². The maximum absolute atomic E-state index is 12.8. The van der Waals surface area contributed by atoms with Gasteiger partial charge in [-0.3, -0.25) is 4.79 Å². The summed E-state index contributed by atoms with van der Waals surface area (Å²) in [4.78, 5) is 30.8. The number of oxazole rings is 1. The first-order valence-electron chi connectivity index (χ1n) is 8.09. The Balaban J connectivity index is 1.66. The Hall–Kier alpha value is -3.09. The Morgan fingerprint density at radius 2 is 2.24 bits per heavy atom. The smallest absolute Gasteiger partial charge is 0.421 e. The number of pyridine rings is 1. The summed E-state index contributed by atoms with van der Waals surface area (Å²) in [5, 5.41) is 0. The molecule has 7 heteroatoms. The molecule has 25 heavy (non-hydrogen) atoms. The maximum Gasteiger partial charge on any atom is 0.421 e. The SMILES string of the molecule is COc1ccc2c(c1)CCCN2C(=O)Cn1c(=O)oc2cccnc21. The first-order chi connectivity index (χ1) is 12.2. The van der Waals surface area contributed by atoms with Crippen molar-refractivity contribution in [3.05, 3.63) is 52.6 Å². The third-order valence-corrected chi connectivity index (χ3v) is 4.42. The summed E-state index contributed by atoms with van der Waals surface area (Å²) < 4.78 is 11.7. The number of hydrogen-bond acceptors (Lipinski definition) is 5. The van der Waals surface area contributed by atoms with E-state index in [1.807, 2.05) is 18.2 Å². The topological polar surface area (TPSA) is 77.6 Å². The van der Waals surface area contributed by atoms with Crippen LogP contribution >= 0.6 is 0 Å². The standard InChI is InChI=1S/C18H17N3O4/c1-24-13-6-7-14-12(10-13)4-3-9-20(14)16(22)11-21-17-15(25-18(21)23)5-2-8-19-17/h2,5-8,10H,3-4,9,11H2,1H3. The first-order valence-corrected chi connectivity index (χ1v) is 8.09. The molecule has 1 aliphatic heterocycles. The van der Waals surface area contributed by atoms with Gasteiger partial charge in [0.05, 0.1) is 7.11 Å². The van der Waals surface area contributed by atoms with Crippen LogP contribution in [0.2, 0.25) is 0 Å². The number of ether oxygens (including phenoxy) is 1. The highest BCUT2D eigenvalue weighted by atomic mass is 16.5. The lowest BCUT2D eigenvalue weighted by atomic mass is 10.0. The lowest BCUT2D eigenvalue weighted by molar-refractivity contribution is -0.119. The van der Waals surface area contributed by atoms with Crippen LogP contribution in [0.5, 0.6) is 5.75 Å². The van der Waals surface area contributed by atoms with Crippen molar-refractivity contribution in [3.8, 4) is 5.75 Å². The van der Waals surface area contributed by atoms with Gasteiger partial charge in [0, 0.05) is 18.4 Å². The molecule has 4 rings (SSSR count). The van der Waals surface area contributed by atoms with Crippen LogP contribution in [0.25, 0.3) is 11.2 Å². The molecule has 0 unspecified atom stereocenters. The zero-order valence-corrected chi connectivity index (χ0v) is 13.8. The Bertz CT molecular complexity index is 1000. The van der Waals surface area contributed by atoms with E-state index < -0.39 is 5.76 Å². The van der Waals surface area contributed by atoms with Crippen LogP contribution in [0.4, 0.5) is 5.69 Å². The van der Waals surface area contributed by atoms with Gasteiger partial charge in [0.25, 0.3) is 0 Å². The van der Waals surface area contributed by atoms with Crippen molar-refractivity contribution in [1.29, 1.82) is 0 Å². The molecule has 0 saturated carbocycles. The molecule has 0 aliphatic carbocycles. The average Bonchev–Trinajstić information content (AvgIpc) is 2.96. The molecule has 3 aromatic rings. The zero-order valence-electron chi connectivity index (χ0n) is 13.8. The van der Waals surface area contributed by atoms with Crippen LogP contribution in [0.15, 0.2) is 45.7 Å². The predicted molar refractivity (Wildman–Crippen MR) is 91.9 cm³/mol. The highest BCUT2D eigenvalue weighted by Gasteiger charge is 2.24. The van der Waals surface area contributed by atoms with Gasteiger partial charge in [-0.1, -0.05) is 0 Å². The third kappa shape index (κ3) is 2.67. The van der Waals surface area contributed by atoms with Gasteiger partial charge in [-0.15, -0.1) is 0 Å². The number of carbonyl (C=O) groups excluding carboxylic acids is 1. The largest absolute Gasteiger partial charge is 0.497 e. The molecule has 128 valence electrons. The summed E-state index contributed by atoms with van der Waals surface area (Å²) in [6.45, 7) is 0.518. The Kier molecular flexibility index (Phi) is 3.76. The normalized spacial score (nSPS) is 13.7. The minimum atomic E-state index is -0.575.